The lowest BCUT2D eigenvalue weighted by Crippen LogP contribution is -2.53. The van der Waals surface area contributed by atoms with Crippen molar-refractivity contribution in [1.82, 2.24) is 15.1 Å². The fourth-order valence-corrected chi connectivity index (χ4v) is 3.51. The van der Waals surface area contributed by atoms with Gasteiger partial charge in [-0.25, -0.2) is 4.79 Å². The molecule has 1 aliphatic heterocycles. The second-order valence-electron chi connectivity index (χ2n) is 7.86. The van der Waals surface area contributed by atoms with Crippen molar-refractivity contribution in [3.8, 4) is 0 Å². The summed E-state index contributed by atoms with van der Waals surface area (Å²) in [6.45, 7) is 1.72. The smallest absolute Gasteiger partial charge is 0.410 e. The average Bonchev–Trinajstić information content (AvgIpc) is 2.96. The molecule has 0 saturated heterocycles. The highest BCUT2D eigenvalue weighted by Crippen LogP contribution is 2.25. The van der Waals surface area contributed by atoms with Gasteiger partial charge >= 0.3 is 6.09 Å². The fourth-order valence-electron chi connectivity index (χ4n) is 3.51. The van der Waals surface area contributed by atoms with Crippen molar-refractivity contribution in [2.45, 2.75) is 38.1 Å². The number of amides is 3. The number of hydrogen-bond acceptors (Lipinski definition) is 4. The van der Waals surface area contributed by atoms with Gasteiger partial charge in [0.25, 0.3) is 0 Å². The van der Waals surface area contributed by atoms with E-state index in [1.807, 2.05) is 72.8 Å². The molecule has 0 fully saturated rings. The molecule has 1 heterocycles. The van der Waals surface area contributed by atoms with Gasteiger partial charge in [-0.15, -0.1) is 0 Å². The van der Waals surface area contributed by atoms with Crippen molar-refractivity contribution in [3.63, 3.8) is 0 Å². The predicted molar refractivity (Wildman–Crippen MR) is 121 cm³/mol. The zero-order valence-corrected chi connectivity index (χ0v) is 18.6. The molecule has 7 nitrogen and oxygen atoms in total. The maximum Gasteiger partial charge on any atom is 0.410 e. The summed E-state index contributed by atoms with van der Waals surface area (Å²) in [6, 6.07) is 17.3. The van der Waals surface area contributed by atoms with Gasteiger partial charge in [0.2, 0.25) is 11.8 Å². The second-order valence-corrected chi connectivity index (χ2v) is 7.86. The van der Waals surface area contributed by atoms with Crippen molar-refractivity contribution in [1.29, 1.82) is 0 Å². The van der Waals surface area contributed by atoms with Crippen LogP contribution in [0.5, 0.6) is 0 Å². The molecule has 0 aromatic heterocycles. The van der Waals surface area contributed by atoms with Gasteiger partial charge < -0.3 is 15.0 Å². The monoisotopic (exact) mass is 435 g/mol. The molecule has 7 heteroatoms. The molecule has 0 bridgehead atoms. The van der Waals surface area contributed by atoms with E-state index in [0.29, 0.717) is 6.42 Å². The van der Waals surface area contributed by atoms with Crippen LogP contribution in [0.1, 0.15) is 30.5 Å². The van der Waals surface area contributed by atoms with Gasteiger partial charge in [0.05, 0.1) is 6.04 Å². The molecule has 3 rings (SSSR count). The lowest BCUT2D eigenvalue weighted by molar-refractivity contribution is -0.137. The summed E-state index contributed by atoms with van der Waals surface area (Å²) < 4.78 is 5.29. The Labute approximate surface area is 188 Å². The van der Waals surface area contributed by atoms with E-state index in [4.69, 9.17) is 4.74 Å². The molecule has 3 amide bonds. The first-order valence-electron chi connectivity index (χ1n) is 10.6. The van der Waals surface area contributed by atoms with E-state index in [0.717, 1.165) is 11.1 Å². The van der Waals surface area contributed by atoms with E-state index in [-0.39, 0.29) is 18.6 Å². The third-order valence-corrected chi connectivity index (χ3v) is 5.66. The predicted octanol–water partition coefficient (Wildman–Crippen LogP) is 3.29. The topological polar surface area (TPSA) is 79.0 Å². The molecule has 0 saturated carbocycles. The highest BCUT2D eigenvalue weighted by molar-refractivity contribution is 5.91. The molecule has 0 unspecified atom stereocenters. The highest BCUT2D eigenvalue weighted by atomic mass is 16.6. The molecule has 2 aromatic rings. The number of carbonyl (C=O) groups is 3. The molecule has 3 atom stereocenters. The molecular weight excluding hydrogens is 406 g/mol. The summed E-state index contributed by atoms with van der Waals surface area (Å²) >= 11 is 0. The Morgan fingerprint density at radius 2 is 1.75 bits per heavy atom. The van der Waals surface area contributed by atoms with E-state index in [1.165, 1.54) is 11.9 Å². The minimum Gasteiger partial charge on any atom is -0.445 e. The first-order valence-corrected chi connectivity index (χ1v) is 10.6. The number of carbonyl (C=O) groups excluding carboxylic acids is 3. The van der Waals surface area contributed by atoms with Crippen LogP contribution in [-0.2, 0) is 20.9 Å². The zero-order chi connectivity index (χ0) is 23.1. The Bertz CT molecular complexity index is 962. The number of nitrogens with zero attached hydrogens (tertiary/aromatic N) is 2. The second kappa shape index (κ2) is 10.6. The maximum absolute atomic E-state index is 13.0. The van der Waals surface area contributed by atoms with Gasteiger partial charge in [-0.2, -0.15) is 0 Å². The average molecular weight is 436 g/mol. The Morgan fingerprint density at radius 1 is 1.12 bits per heavy atom. The SMILES string of the molecule is C[C@@H](C(=O)N[C@H]1CC=C[C@H](c2ccccc2)N(C)C1=O)N(C)C(=O)OCc1ccccc1. The van der Waals surface area contributed by atoms with Crippen LogP contribution >= 0.6 is 0 Å². The Balaban J connectivity index is 1.57. The quantitative estimate of drug-likeness (QED) is 0.707. The molecule has 168 valence electrons. The molecule has 0 radical (unpaired) electrons. The fraction of sp³-hybridized carbons (Fsp3) is 0.320. The van der Waals surface area contributed by atoms with Crippen molar-refractivity contribution in [3.05, 3.63) is 83.9 Å². The summed E-state index contributed by atoms with van der Waals surface area (Å²) in [5, 5.41) is 2.79. The molecule has 0 aliphatic carbocycles. The van der Waals surface area contributed by atoms with Crippen molar-refractivity contribution >= 4 is 17.9 Å². The van der Waals surface area contributed by atoms with E-state index in [9.17, 15) is 14.4 Å². The minimum atomic E-state index is -0.798. The molecule has 2 aromatic carbocycles. The Morgan fingerprint density at radius 3 is 2.41 bits per heavy atom. The number of rotatable bonds is 6. The van der Waals surface area contributed by atoms with Gasteiger partial charge in [-0.1, -0.05) is 72.8 Å². The van der Waals surface area contributed by atoms with Crippen LogP contribution in [-0.4, -0.2) is 53.9 Å². The normalized spacial score (nSPS) is 19.1. The van der Waals surface area contributed by atoms with Gasteiger partial charge in [0.15, 0.2) is 0 Å². The summed E-state index contributed by atoms with van der Waals surface area (Å²) in [5.74, 6) is -0.596. The van der Waals surface area contributed by atoms with E-state index in [2.05, 4.69) is 5.32 Å². The standard InChI is InChI=1S/C25H29N3O4/c1-18(27(2)25(31)32-17-19-11-6-4-7-12-19)23(29)26-21-15-10-16-22(28(3)24(21)30)20-13-8-5-9-14-20/h4-14,16,18,21-22H,15,17H2,1-3H3,(H,26,29)/t18-,21-,22+/m0/s1. The van der Waals surface area contributed by atoms with Crippen molar-refractivity contribution in [2.24, 2.45) is 0 Å². The van der Waals surface area contributed by atoms with Gasteiger partial charge in [0.1, 0.15) is 18.7 Å². The highest BCUT2D eigenvalue weighted by Gasteiger charge is 2.32. The van der Waals surface area contributed by atoms with Gasteiger partial charge in [-0.05, 0) is 24.5 Å². The van der Waals surface area contributed by atoms with Crippen LogP contribution in [0.3, 0.4) is 0 Å². The number of nitrogens with one attached hydrogen (secondary N) is 1. The zero-order valence-electron chi connectivity index (χ0n) is 18.6. The number of ether oxygens (including phenoxy) is 1. The Kier molecular flexibility index (Phi) is 7.65. The van der Waals surface area contributed by atoms with Crippen molar-refractivity contribution < 1.29 is 19.1 Å². The Hall–Kier alpha value is -3.61. The van der Waals surface area contributed by atoms with E-state index in [1.54, 1.807) is 18.9 Å². The van der Waals surface area contributed by atoms with Gasteiger partial charge in [-0.3, -0.25) is 14.5 Å². The summed E-state index contributed by atoms with van der Waals surface area (Å²) in [4.78, 5) is 41.0. The molecule has 32 heavy (non-hydrogen) atoms. The van der Waals surface area contributed by atoms with E-state index >= 15 is 0 Å². The third kappa shape index (κ3) is 5.55. The molecule has 0 spiro atoms. The number of likely N-dealkylation sites (N-methyl/N-ethyl adjacent to an activating group) is 2. The molecule has 1 aliphatic rings. The number of benzene rings is 2. The third-order valence-electron chi connectivity index (χ3n) is 5.66. The van der Waals surface area contributed by atoms with Crippen LogP contribution in [0.2, 0.25) is 0 Å². The summed E-state index contributed by atoms with van der Waals surface area (Å²) in [6.07, 6.45) is 3.65. The minimum absolute atomic E-state index is 0.121. The van der Waals surface area contributed by atoms with E-state index < -0.39 is 24.1 Å². The first-order chi connectivity index (χ1) is 15.4. The van der Waals surface area contributed by atoms with Crippen LogP contribution in [0, 0.1) is 0 Å². The summed E-state index contributed by atoms with van der Waals surface area (Å²) in [5.41, 5.74) is 1.86. The first kappa shape index (κ1) is 23.1. The largest absolute Gasteiger partial charge is 0.445 e. The van der Waals surface area contributed by atoms with Crippen LogP contribution in [0.4, 0.5) is 4.79 Å². The lowest BCUT2D eigenvalue weighted by Gasteiger charge is -2.29. The maximum atomic E-state index is 13.0. The molecule has 1 N–H and O–H groups in total. The van der Waals surface area contributed by atoms with Crippen LogP contribution in [0.15, 0.2) is 72.8 Å². The lowest BCUT2D eigenvalue weighted by atomic mass is 10.1. The van der Waals surface area contributed by atoms with Crippen molar-refractivity contribution in [2.75, 3.05) is 14.1 Å². The van der Waals surface area contributed by atoms with Crippen LogP contribution < -0.4 is 5.32 Å². The summed E-state index contributed by atoms with van der Waals surface area (Å²) in [7, 11) is 3.23. The molecular formula is C25H29N3O4. The van der Waals surface area contributed by atoms with Crippen LogP contribution in [0.25, 0.3) is 0 Å². The van der Waals surface area contributed by atoms with Gasteiger partial charge in [0, 0.05) is 14.1 Å². The number of hydrogen-bond donors (Lipinski definition) is 1.